The van der Waals surface area contributed by atoms with Gasteiger partial charge in [-0.05, 0) is 48.7 Å². The largest absolute Gasteiger partial charge is 0.465 e. The van der Waals surface area contributed by atoms with Gasteiger partial charge in [-0.2, -0.15) is 0 Å². The first kappa shape index (κ1) is 22.5. The number of rotatable bonds is 4. The number of anilines is 1. The quantitative estimate of drug-likeness (QED) is 0.300. The summed E-state index contributed by atoms with van der Waals surface area (Å²) in [6.07, 6.45) is 5.09. The summed E-state index contributed by atoms with van der Waals surface area (Å²) in [5.74, 6) is -3.52. The number of Topliss-reactive ketones (excluding diaryl/α,β-unsaturated/α-hetero) is 1. The monoisotopic (exact) mass is 502 g/mol. The number of ether oxygens (including phenoxy) is 1. The first-order valence-electron chi connectivity index (χ1n) is 11.5. The molecule has 6 rings (SSSR count). The number of aryl methyl sites for hydroxylation is 1. The lowest BCUT2D eigenvalue weighted by molar-refractivity contribution is -0.123. The molecule has 0 spiro atoms. The molecule has 0 bridgehead atoms. The molecule has 2 saturated heterocycles. The van der Waals surface area contributed by atoms with Gasteiger partial charge in [-0.25, -0.2) is 9.69 Å². The van der Waals surface area contributed by atoms with Crippen molar-refractivity contribution >= 4 is 46.0 Å². The summed E-state index contributed by atoms with van der Waals surface area (Å²) >= 11 is 1.20. The molecule has 2 amide bonds. The highest BCUT2D eigenvalue weighted by molar-refractivity contribution is 7.17. The molecule has 0 radical (unpaired) electrons. The van der Waals surface area contributed by atoms with Crippen molar-refractivity contribution in [1.29, 1.82) is 0 Å². The predicted octanol–water partition coefficient (Wildman–Crippen LogP) is 4.14. The van der Waals surface area contributed by atoms with E-state index in [0.29, 0.717) is 5.56 Å². The molecule has 3 aliphatic rings. The molecule has 0 N–H and O–H groups in total. The van der Waals surface area contributed by atoms with Crippen molar-refractivity contribution in [1.82, 2.24) is 4.90 Å². The fraction of sp³-hybridized carbons (Fsp3) is 0.259. The van der Waals surface area contributed by atoms with Gasteiger partial charge in [0.05, 0.1) is 36.8 Å². The molecule has 8 nitrogen and oxygen atoms in total. The summed E-state index contributed by atoms with van der Waals surface area (Å²) in [7, 11) is 1.27. The van der Waals surface area contributed by atoms with Crippen LogP contribution in [-0.2, 0) is 14.3 Å². The normalized spacial score (nSPS) is 24.1. The second-order valence-corrected chi connectivity index (χ2v) is 10.3. The molecule has 0 saturated carbocycles. The average Bonchev–Trinajstić information content (AvgIpc) is 3.64. The zero-order chi connectivity index (χ0) is 25.3. The number of hydrogen-bond acceptors (Lipinski definition) is 8. The zero-order valence-corrected chi connectivity index (χ0v) is 20.6. The van der Waals surface area contributed by atoms with E-state index in [2.05, 4.69) is 0 Å². The molecule has 3 aromatic rings. The van der Waals surface area contributed by atoms with Crippen LogP contribution in [0.4, 0.5) is 5.00 Å². The highest BCUT2D eigenvalue weighted by Gasteiger charge is 2.65. The van der Waals surface area contributed by atoms with E-state index in [4.69, 9.17) is 9.15 Å². The van der Waals surface area contributed by atoms with Crippen molar-refractivity contribution in [3.8, 4) is 0 Å². The Morgan fingerprint density at radius 3 is 2.50 bits per heavy atom. The highest BCUT2D eigenvalue weighted by atomic mass is 32.1. The molecular weight excluding hydrogens is 480 g/mol. The number of thiophene rings is 1. The third kappa shape index (κ3) is 2.92. The van der Waals surface area contributed by atoms with Gasteiger partial charge in [-0.15, -0.1) is 11.3 Å². The van der Waals surface area contributed by atoms with Gasteiger partial charge in [0, 0.05) is 11.1 Å². The third-order valence-electron chi connectivity index (χ3n) is 7.45. The second-order valence-electron chi connectivity index (χ2n) is 9.14. The molecule has 5 heterocycles. The van der Waals surface area contributed by atoms with E-state index in [1.165, 1.54) is 24.7 Å². The van der Waals surface area contributed by atoms with Crippen molar-refractivity contribution < 1.29 is 28.3 Å². The number of carbonyl (C=O) groups excluding carboxylic acids is 4. The Morgan fingerprint density at radius 2 is 1.78 bits per heavy atom. The first-order valence-corrected chi connectivity index (χ1v) is 12.3. The maximum atomic E-state index is 14.1. The van der Waals surface area contributed by atoms with Crippen LogP contribution in [0.1, 0.15) is 48.5 Å². The Bertz CT molecular complexity index is 1470. The first-order chi connectivity index (χ1) is 17.3. The Labute approximate surface area is 210 Å². The Hall–Kier alpha value is -3.98. The van der Waals surface area contributed by atoms with Crippen LogP contribution in [0.5, 0.6) is 0 Å². The molecule has 0 aliphatic carbocycles. The number of methoxy groups -OCH3 is 1. The van der Waals surface area contributed by atoms with Crippen molar-refractivity contribution in [2.75, 3.05) is 12.0 Å². The van der Waals surface area contributed by atoms with Crippen LogP contribution >= 0.6 is 11.3 Å². The molecule has 1 aromatic carbocycles. The van der Waals surface area contributed by atoms with Crippen molar-refractivity contribution in [2.45, 2.75) is 25.9 Å². The lowest BCUT2D eigenvalue weighted by Gasteiger charge is -2.34. The van der Waals surface area contributed by atoms with Gasteiger partial charge in [0.15, 0.2) is 5.76 Å². The summed E-state index contributed by atoms with van der Waals surface area (Å²) in [6, 6.07) is 9.40. The molecule has 182 valence electrons. The van der Waals surface area contributed by atoms with E-state index < -0.39 is 41.7 Å². The van der Waals surface area contributed by atoms with Crippen LogP contribution in [0.3, 0.4) is 0 Å². The lowest BCUT2D eigenvalue weighted by Crippen LogP contribution is -2.44. The number of esters is 1. The number of nitrogens with zero attached hydrogens (tertiary/aromatic N) is 2. The smallest absolute Gasteiger partial charge is 0.341 e. The summed E-state index contributed by atoms with van der Waals surface area (Å²) in [4.78, 5) is 58.2. The van der Waals surface area contributed by atoms with Crippen LogP contribution in [-0.4, -0.2) is 41.6 Å². The van der Waals surface area contributed by atoms with Gasteiger partial charge in [-0.3, -0.25) is 14.4 Å². The number of furan rings is 1. The number of ketones is 1. The fourth-order valence-electron chi connectivity index (χ4n) is 5.73. The number of hydrogen-bond donors (Lipinski definition) is 0. The predicted molar refractivity (Wildman–Crippen MR) is 131 cm³/mol. The van der Waals surface area contributed by atoms with Gasteiger partial charge in [-0.1, -0.05) is 24.3 Å². The van der Waals surface area contributed by atoms with Crippen molar-refractivity contribution in [3.05, 3.63) is 81.8 Å². The molecule has 9 heteroatoms. The van der Waals surface area contributed by atoms with E-state index in [1.807, 2.05) is 42.2 Å². The van der Waals surface area contributed by atoms with Crippen molar-refractivity contribution in [3.63, 3.8) is 0 Å². The van der Waals surface area contributed by atoms with Crippen LogP contribution < -0.4 is 4.90 Å². The fourth-order valence-corrected chi connectivity index (χ4v) is 6.89. The average molecular weight is 503 g/mol. The number of benzene rings is 1. The summed E-state index contributed by atoms with van der Waals surface area (Å²) in [6.45, 7) is 3.59. The molecule has 3 aliphatic heterocycles. The van der Waals surface area contributed by atoms with E-state index in [0.717, 1.165) is 20.9 Å². The van der Waals surface area contributed by atoms with Crippen LogP contribution in [0, 0.1) is 25.7 Å². The standard InChI is InChI=1S/C27H22N2O6S/c1-13-14(2)36-26(18(13)27(33)34-3)29-24(31)19-20(25(29)32)22(23(30)17-9-6-12-35-17)28-11-10-15-7-4-5-8-16(15)21(19)28/h4-12,19-22H,1-3H3/t19-,20-,21+,22+/m1/s1. The molecule has 36 heavy (non-hydrogen) atoms. The van der Waals surface area contributed by atoms with Crippen LogP contribution in [0.25, 0.3) is 6.08 Å². The highest BCUT2D eigenvalue weighted by Crippen LogP contribution is 2.54. The number of carbonyl (C=O) groups is 4. The van der Waals surface area contributed by atoms with Crippen molar-refractivity contribution in [2.24, 2.45) is 11.8 Å². The topological polar surface area (TPSA) is 97.1 Å². The second kappa shape index (κ2) is 8.03. The minimum absolute atomic E-state index is 0.128. The van der Waals surface area contributed by atoms with Crippen LogP contribution in [0.15, 0.2) is 53.3 Å². The molecule has 2 fully saturated rings. The molecule has 4 atom stereocenters. The van der Waals surface area contributed by atoms with Crippen LogP contribution in [0.2, 0.25) is 0 Å². The van der Waals surface area contributed by atoms with Gasteiger partial charge in [0.2, 0.25) is 17.6 Å². The van der Waals surface area contributed by atoms with E-state index in [-0.39, 0.29) is 22.1 Å². The number of amides is 2. The summed E-state index contributed by atoms with van der Waals surface area (Å²) in [5.41, 5.74) is 2.67. The van der Waals surface area contributed by atoms with Gasteiger partial charge in [0.25, 0.3) is 0 Å². The maximum absolute atomic E-state index is 14.1. The maximum Gasteiger partial charge on any atom is 0.341 e. The zero-order valence-electron chi connectivity index (χ0n) is 19.8. The third-order valence-corrected chi connectivity index (χ3v) is 8.65. The Balaban J connectivity index is 1.52. The minimum Gasteiger partial charge on any atom is -0.465 e. The van der Waals surface area contributed by atoms with E-state index in [9.17, 15) is 19.2 Å². The SMILES string of the molecule is COC(=O)c1c(N2C(=O)[C@@H]3[C@@H](C2=O)[C@@H]2c4ccccc4C=CN2[C@@H]3C(=O)c2ccco2)sc(C)c1C. The summed E-state index contributed by atoms with van der Waals surface area (Å²) < 4.78 is 10.4. The van der Waals surface area contributed by atoms with Gasteiger partial charge in [0.1, 0.15) is 11.0 Å². The Kier molecular flexibility index (Phi) is 5.01. The van der Waals surface area contributed by atoms with E-state index >= 15 is 0 Å². The lowest BCUT2D eigenvalue weighted by atomic mass is 9.84. The minimum atomic E-state index is -0.941. The van der Waals surface area contributed by atoms with Gasteiger partial charge < -0.3 is 14.1 Å². The molecule has 0 unspecified atom stereocenters. The Morgan fingerprint density at radius 1 is 1.03 bits per heavy atom. The number of fused-ring (bicyclic) bond motifs is 5. The van der Waals surface area contributed by atoms with E-state index in [1.54, 1.807) is 25.3 Å². The number of imide groups is 1. The van der Waals surface area contributed by atoms with Gasteiger partial charge >= 0.3 is 5.97 Å². The summed E-state index contributed by atoms with van der Waals surface area (Å²) in [5, 5.41) is 0.247. The molecular formula is C27H22N2O6S. The molecule has 2 aromatic heterocycles.